The molecule has 0 aliphatic carbocycles. The van der Waals surface area contributed by atoms with Crippen molar-refractivity contribution < 1.29 is 14.7 Å². The van der Waals surface area contributed by atoms with E-state index in [9.17, 15) is 9.59 Å². The summed E-state index contributed by atoms with van der Waals surface area (Å²) in [6, 6.07) is 0. The highest BCUT2D eigenvalue weighted by molar-refractivity contribution is 5.92. The Bertz CT molecular complexity index is 471. The summed E-state index contributed by atoms with van der Waals surface area (Å²) < 4.78 is 1.75. The number of rotatable bonds is 9. The van der Waals surface area contributed by atoms with Crippen molar-refractivity contribution in [1.82, 2.24) is 14.9 Å². The van der Waals surface area contributed by atoms with Crippen LogP contribution in [-0.4, -0.2) is 39.6 Å². The van der Waals surface area contributed by atoms with Gasteiger partial charge in [0.2, 0.25) is 0 Å². The quantitative estimate of drug-likeness (QED) is 0.621. The van der Waals surface area contributed by atoms with Crippen molar-refractivity contribution >= 4 is 11.9 Å². The first-order chi connectivity index (χ1) is 9.92. The lowest BCUT2D eigenvalue weighted by Gasteiger charge is -2.17. The zero-order valence-electron chi connectivity index (χ0n) is 12.6. The van der Waals surface area contributed by atoms with Crippen LogP contribution in [0.1, 0.15) is 37.2 Å². The highest BCUT2D eigenvalue weighted by Gasteiger charge is 2.17. The van der Waals surface area contributed by atoms with Crippen LogP contribution < -0.4 is 11.1 Å². The minimum atomic E-state index is -0.845. The lowest BCUT2D eigenvalue weighted by Crippen LogP contribution is -2.31. The molecule has 7 nitrogen and oxygen atoms in total. The molecule has 0 aliphatic heterocycles. The molecule has 7 heteroatoms. The zero-order valence-corrected chi connectivity index (χ0v) is 12.6. The van der Waals surface area contributed by atoms with Crippen LogP contribution in [0.15, 0.2) is 12.5 Å². The van der Waals surface area contributed by atoms with Crippen molar-refractivity contribution in [1.29, 1.82) is 0 Å². The van der Waals surface area contributed by atoms with Crippen LogP contribution >= 0.6 is 0 Å². The number of nitrogens with two attached hydrogens (primary N) is 1. The lowest BCUT2D eigenvalue weighted by atomic mass is 9.94. The Morgan fingerprint density at radius 2 is 2.19 bits per heavy atom. The summed E-state index contributed by atoms with van der Waals surface area (Å²) in [5.41, 5.74) is 5.75. The standard InChI is InChI=1S/C14H24N4O3/c1-10(2)5-11(6-13(19)20)7-16-14(21)12-8-18(4-3-15)9-17-12/h8-11H,3-7,15H2,1-2H3,(H,16,21)(H,19,20). The number of nitrogens with one attached hydrogen (secondary N) is 1. The maximum atomic E-state index is 12.0. The summed E-state index contributed by atoms with van der Waals surface area (Å²) >= 11 is 0. The molecule has 1 aromatic rings. The number of aliphatic carboxylic acids is 1. The number of carboxylic acids is 1. The summed E-state index contributed by atoms with van der Waals surface area (Å²) in [5, 5.41) is 11.7. The van der Waals surface area contributed by atoms with Gasteiger partial charge in [0.25, 0.3) is 5.91 Å². The van der Waals surface area contributed by atoms with Crippen LogP contribution in [-0.2, 0) is 11.3 Å². The molecule has 1 aromatic heterocycles. The molecule has 0 saturated carbocycles. The minimum absolute atomic E-state index is 0.0556. The number of nitrogens with zero attached hydrogens (tertiary/aromatic N) is 2. The third-order valence-electron chi connectivity index (χ3n) is 3.07. The van der Waals surface area contributed by atoms with Gasteiger partial charge in [0.1, 0.15) is 5.69 Å². The zero-order chi connectivity index (χ0) is 15.8. The topological polar surface area (TPSA) is 110 Å². The summed E-state index contributed by atoms with van der Waals surface area (Å²) in [4.78, 5) is 26.8. The van der Waals surface area contributed by atoms with E-state index in [0.717, 1.165) is 6.42 Å². The van der Waals surface area contributed by atoms with Gasteiger partial charge in [0, 0.05) is 32.3 Å². The highest BCUT2D eigenvalue weighted by Crippen LogP contribution is 2.14. The lowest BCUT2D eigenvalue weighted by molar-refractivity contribution is -0.138. The Morgan fingerprint density at radius 3 is 2.76 bits per heavy atom. The molecular formula is C14H24N4O3. The molecule has 1 heterocycles. The average Bonchev–Trinajstić information content (AvgIpc) is 2.83. The van der Waals surface area contributed by atoms with Crippen LogP contribution in [0.25, 0.3) is 0 Å². The molecule has 4 N–H and O–H groups in total. The van der Waals surface area contributed by atoms with E-state index in [1.165, 1.54) is 0 Å². The first-order valence-corrected chi connectivity index (χ1v) is 7.14. The highest BCUT2D eigenvalue weighted by atomic mass is 16.4. The third kappa shape index (κ3) is 6.40. The minimum Gasteiger partial charge on any atom is -0.481 e. The fourth-order valence-electron chi connectivity index (χ4n) is 2.23. The van der Waals surface area contributed by atoms with Gasteiger partial charge in [-0.3, -0.25) is 9.59 Å². The largest absolute Gasteiger partial charge is 0.481 e. The maximum absolute atomic E-state index is 12.0. The maximum Gasteiger partial charge on any atom is 0.303 e. The van der Waals surface area contributed by atoms with Gasteiger partial charge in [0.15, 0.2) is 0 Å². The molecule has 0 fully saturated rings. The van der Waals surface area contributed by atoms with Gasteiger partial charge in [-0.15, -0.1) is 0 Å². The number of carbonyl (C=O) groups excluding carboxylic acids is 1. The summed E-state index contributed by atoms with van der Waals surface area (Å²) in [5.74, 6) is -0.820. The fraction of sp³-hybridized carbons (Fsp3) is 0.643. The number of carbonyl (C=O) groups is 2. The van der Waals surface area contributed by atoms with E-state index in [-0.39, 0.29) is 18.2 Å². The number of aromatic nitrogens is 2. The van der Waals surface area contributed by atoms with Crippen LogP contribution in [0.4, 0.5) is 0 Å². The van der Waals surface area contributed by atoms with Crippen molar-refractivity contribution in [2.45, 2.75) is 33.2 Å². The van der Waals surface area contributed by atoms with Gasteiger partial charge in [-0.25, -0.2) is 4.98 Å². The summed E-state index contributed by atoms with van der Waals surface area (Å²) in [6.45, 7) is 5.49. The Hall–Kier alpha value is -1.89. The van der Waals surface area contributed by atoms with Crippen LogP contribution in [0.3, 0.4) is 0 Å². The Labute approximate surface area is 124 Å². The number of hydrogen-bond donors (Lipinski definition) is 3. The van der Waals surface area contributed by atoms with E-state index >= 15 is 0 Å². The normalized spacial score (nSPS) is 12.4. The van der Waals surface area contributed by atoms with Crippen LogP contribution in [0.2, 0.25) is 0 Å². The fourth-order valence-corrected chi connectivity index (χ4v) is 2.23. The van der Waals surface area contributed by atoms with Crippen molar-refractivity contribution in [3.63, 3.8) is 0 Å². The Kier molecular flexibility index (Phi) is 6.87. The van der Waals surface area contributed by atoms with Gasteiger partial charge >= 0.3 is 5.97 Å². The first kappa shape index (κ1) is 17.2. The Balaban J connectivity index is 2.52. The summed E-state index contributed by atoms with van der Waals surface area (Å²) in [7, 11) is 0. The number of amides is 1. The second-order valence-electron chi connectivity index (χ2n) is 5.59. The molecule has 0 bridgehead atoms. The number of imidazole rings is 1. The number of carboxylic acid groups (broad SMARTS) is 1. The van der Waals surface area contributed by atoms with Gasteiger partial charge in [-0.2, -0.15) is 0 Å². The third-order valence-corrected chi connectivity index (χ3v) is 3.07. The predicted octanol–water partition coefficient (Wildman–Crippen LogP) is 0.709. The molecule has 0 spiro atoms. The van der Waals surface area contributed by atoms with Gasteiger partial charge in [-0.1, -0.05) is 13.8 Å². The van der Waals surface area contributed by atoms with Crippen LogP contribution in [0, 0.1) is 11.8 Å². The molecule has 0 aromatic carbocycles. The molecule has 1 unspecified atom stereocenters. The van der Waals surface area contributed by atoms with E-state index in [4.69, 9.17) is 10.8 Å². The molecule has 21 heavy (non-hydrogen) atoms. The molecule has 0 radical (unpaired) electrons. The van der Waals surface area contributed by atoms with Crippen LogP contribution in [0.5, 0.6) is 0 Å². The van der Waals surface area contributed by atoms with E-state index in [0.29, 0.717) is 31.2 Å². The van der Waals surface area contributed by atoms with Gasteiger partial charge in [-0.05, 0) is 18.3 Å². The predicted molar refractivity (Wildman–Crippen MR) is 78.8 cm³/mol. The molecule has 0 saturated heterocycles. The number of hydrogen-bond acceptors (Lipinski definition) is 4. The SMILES string of the molecule is CC(C)CC(CNC(=O)c1cn(CCN)cn1)CC(=O)O. The Morgan fingerprint density at radius 1 is 1.48 bits per heavy atom. The van der Waals surface area contributed by atoms with Crippen molar-refractivity contribution in [3.05, 3.63) is 18.2 Å². The molecule has 1 amide bonds. The summed E-state index contributed by atoms with van der Waals surface area (Å²) in [6.07, 6.45) is 4.01. The van der Waals surface area contributed by atoms with Gasteiger partial charge < -0.3 is 20.7 Å². The van der Waals surface area contributed by atoms with Gasteiger partial charge in [0.05, 0.1) is 6.33 Å². The first-order valence-electron chi connectivity index (χ1n) is 7.14. The second-order valence-corrected chi connectivity index (χ2v) is 5.59. The smallest absolute Gasteiger partial charge is 0.303 e. The van der Waals surface area contributed by atoms with E-state index in [1.807, 2.05) is 13.8 Å². The van der Waals surface area contributed by atoms with E-state index in [2.05, 4.69) is 10.3 Å². The molecule has 0 aliphatic rings. The molecule has 1 rings (SSSR count). The second kappa shape index (κ2) is 8.41. The average molecular weight is 296 g/mol. The van der Waals surface area contributed by atoms with Crippen molar-refractivity contribution in [2.75, 3.05) is 13.1 Å². The van der Waals surface area contributed by atoms with Crippen molar-refractivity contribution in [2.24, 2.45) is 17.6 Å². The van der Waals surface area contributed by atoms with E-state index < -0.39 is 5.97 Å². The monoisotopic (exact) mass is 296 g/mol. The molecule has 1 atom stereocenters. The molecule has 118 valence electrons. The van der Waals surface area contributed by atoms with E-state index in [1.54, 1.807) is 17.1 Å². The van der Waals surface area contributed by atoms with Crippen molar-refractivity contribution in [3.8, 4) is 0 Å². The molecular weight excluding hydrogens is 272 g/mol.